The number of hydrogen-bond donors (Lipinski definition) is 1. The molecule has 6 nitrogen and oxygen atoms in total. The average Bonchev–Trinajstić information content (AvgIpc) is 2.69. The third-order valence-electron chi connectivity index (χ3n) is 3.20. The largest absolute Gasteiger partial charge is 0.455 e. The van der Waals surface area contributed by atoms with Crippen LogP contribution in [0.3, 0.4) is 0 Å². The van der Waals surface area contributed by atoms with Crippen molar-refractivity contribution >= 4 is 11.9 Å². The van der Waals surface area contributed by atoms with Gasteiger partial charge in [0.2, 0.25) is 0 Å². The van der Waals surface area contributed by atoms with E-state index in [1.165, 1.54) is 0 Å². The smallest absolute Gasteiger partial charge is 0.310 e. The highest BCUT2D eigenvalue weighted by atomic mass is 16.5. The third-order valence-corrected chi connectivity index (χ3v) is 3.20. The van der Waals surface area contributed by atoms with Gasteiger partial charge in [0.05, 0.1) is 12.1 Å². The highest BCUT2D eigenvalue weighted by molar-refractivity contribution is 5.81. The van der Waals surface area contributed by atoms with Crippen molar-refractivity contribution in [3.05, 3.63) is 29.6 Å². The summed E-state index contributed by atoms with van der Waals surface area (Å²) in [7, 11) is 0. The molecule has 1 N–H and O–H groups in total. The van der Waals surface area contributed by atoms with E-state index in [9.17, 15) is 9.59 Å². The van der Waals surface area contributed by atoms with Crippen LogP contribution in [-0.4, -0.2) is 34.8 Å². The molecular formula is C16H25N3O3. The molecule has 122 valence electrons. The molecule has 6 heteroatoms. The number of aryl methyl sites for hydroxylation is 1. The molecule has 0 aliphatic rings. The summed E-state index contributed by atoms with van der Waals surface area (Å²) >= 11 is 0. The first-order chi connectivity index (χ1) is 10.3. The lowest BCUT2D eigenvalue weighted by Gasteiger charge is -2.08. The quantitative estimate of drug-likeness (QED) is 0.584. The van der Waals surface area contributed by atoms with Gasteiger partial charge in [-0.2, -0.15) is 5.10 Å². The first kappa shape index (κ1) is 17.9. The lowest BCUT2D eigenvalue weighted by molar-refractivity contribution is -0.147. The number of hydrogen-bond acceptors (Lipinski definition) is 4. The monoisotopic (exact) mass is 307 g/mol. The van der Waals surface area contributed by atoms with E-state index in [4.69, 9.17) is 4.74 Å². The summed E-state index contributed by atoms with van der Waals surface area (Å²) in [6, 6.07) is 0. The zero-order valence-corrected chi connectivity index (χ0v) is 13.8. The lowest BCUT2D eigenvalue weighted by atomic mass is 10.1. The number of ether oxygens (including phenoxy) is 1. The SMILES string of the molecule is C=CCNC(=O)COC(=O)Cc1c(C)nn(CC(C)C)c1C. The highest BCUT2D eigenvalue weighted by Gasteiger charge is 2.17. The number of carbonyl (C=O) groups is 2. The number of nitrogens with zero attached hydrogens (tertiary/aromatic N) is 2. The molecule has 0 saturated carbocycles. The second-order valence-electron chi connectivity index (χ2n) is 5.66. The minimum atomic E-state index is -0.427. The van der Waals surface area contributed by atoms with E-state index in [1.807, 2.05) is 18.5 Å². The van der Waals surface area contributed by atoms with Gasteiger partial charge in [-0.1, -0.05) is 19.9 Å². The first-order valence-electron chi connectivity index (χ1n) is 7.41. The van der Waals surface area contributed by atoms with Gasteiger partial charge in [-0.15, -0.1) is 6.58 Å². The Morgan fingerprint density at radius 2 is 2.09 bits per heavy atom. The Morgan fingerprint density at radius 1 is 1.41 bits per heavy atom. The van der Waals surface area contributed by atoms with Crippen LogP contribution in [0, 0.1) is 19.8 Å². The maximum Gasteiger partial charge on any atom is 0.310 e. The van der Waals surface area contributed by atoms with Crippen LogP contribution in [0.25, 0.3) is 0 Å². The van der Waals surface area contributed by atoms with Crippen LogP contribution in [0.15, 0.2) is 12.7 Å². The lowest BCUT2D eigenvalue weighted by Crippen LogP contribution is -2.29. The zero-order chi connectivity index (χ0) is 16.7. The van der Waals surface area contributed by atoms with E-state index < -0.39 is 5.97 Å². The number of nitrogens with one attached hydrogen (secondary N) is 1. The van der Waals surface area contributed by atoms with Gasteiger partial charge in [0, 0.05) is 24.3 Å². The first-order valence-corrected chi connectivity index (χ1v) is 7.41. The van der Waals surface area contributed by atoms with E-state index in [-0.39, 0.29) is 18.9 Å². The molecular weight excluding hydrogens is 282 g/mol. The molecule has 0 radical (unpaired) electrons. The van der Waals surface area contributed by atoms with Gasteiger partial charge in [-0.3, -0.25) is 14.3 Å². The summed E-state index contributed by atoms with van der Waals surface area (Å²) in [5.41, 5.74) is 2.67. The third kappa shape index (κ3) is 5.35. The fourth-order valence-corrected chi connectivity index (χ4v) is 2.09. The molecule has 1 aromatic rings. The summed E-state index contributed by atoms with van der Waals surface area (Å²) < 4.78 is 6.90. The Balaban J connectivity index is 2.59. The number of amides is 1. The van der Waals surface area contributed by atoms with Crippen LogP contribution < -0.4 is 5.32 Å². The Morgan fingerprint density at radius 3 is 2.68 bits per heavy atom. The predicted octanol–water partition coefficient (Wildman–Crippen LogP) is 1.54. The molecule has 0 spiro atoms. The maximum absolute atomic E-state index is 11.9. The van der Waals surface area contributed by atoms with Crippen molar-refractivity contribution in [3.63, 3.8) is 0 Å². The molecule has 0 saturated heterocycles. The summed E-state index contributed by atoms with van der Waals surface area (Å²) in [4.78, 5) is 23.2. The van der Waals surface area contributed by atoms with E-state index in [2.05, 4.69) is 30.8 Å². The predicted molar refractivity (Wildman–Crippen MR) is 84.4 cm³/mol. The number of carbonyl (C=O) groups excluding carboxylic acids is 2. The standard InChI is InChI=1S/C16H25N3O3/c1-6-7-17-15(20)10-22-16(21)8-14-12(4)18-19(13(14)5)9-11(2)3/h6,11H,1,7-10H2,2-5H3,(H,17,20). The summed E-state index contributed by atoms with van der Waals surface area (Å²) in [6.07, 6.45) is 1.69. The van der Waals surface area contributed by atoms with Crippen molar-refractivity contribution in [3.8, 4) is 0 Å². The molecule has 0 aliphatic carbocycles. The van der Waals surface area contributed by atoms with Crippen LogP contribution >= 0.6 is 0 Å². The molecule has 1 heterocycles. The van der Waals surface area contributed by atoms with Crippen molar-refractivity contribution in [1.29, 1.82) is 0 Å². The molecule has 0 aromatic carbocycles. The van der Waals surface area contributed by atoms with Crippen molar-refractivity contribution in [2.75, 3.05) is 13.2 Å². The number of aromatic nitrogens is 2. The van der Waals surface area contributed by atoms with Crippen LogP contribution in [0.2, 0.25) is 0 Å². The molecule has 1 amide bonds. The van der Waals surface area contributed by atoms with Crippen molar-refractivity contribution < 1.29 is 14.3 Å². The molecule has 0 unspecified atom stereocenters. The molecule has 0 bridgehead atoms. The molecule has 0 aliphatic heterocycles. The van der Waals surface area contributed by atoms with Gasteiger partial charge in [0.25, 0.3) is 5.91 Å². The molecule has 1 rings (SSSR count). The topological polar surface area (TPSA) is 73.2 Å². The van der Waals surface area contributed by atoms with Crippen molar-refractivity contribution in [1.82, 2.24) is 15.1 Å². The molecule has 1 aromatic heterocycles. The van der Waals surface area contributed by atoms with Crippen molar-refractivity contribution in [2.24, 2.45) is 5.92 Å². The van der Waals surface area contributed by atoms with Gasteiger partial charge in [0.1, 0.15) is 0 Å². The fraction of sp³-hybridized carbons (Fsp3) is 0.562. The Bertz CT molecular complexity index is 547. The summed E-state index contributed by atoms with van der Waals surface area (Å²) in [5, 5.41) is 7.01. The highest BCUT2D eigenvalue weighted by Crippen LogP contribution is 2.15. The Kier molecular flexibility index (Phi) is 6.82. The molecule has 0 atom stereocenters. The van der Waals surface area contributed by atoms with Gasteiger partial charge in [0.15, 0.2) is 6.61 Å². The number of esters is 1. The minimum Gasteiger partial charge on any atom is -0.455 e. The van der Waals surface area contributed by atoms with Crippen LogP contribution in [0.4, 0.5) is 0 Å². The second-order valence-corrected chi connectivity index (χ2v) is 5.66. The van der Waals surface area contributed by atoms with E-state index in [1.54, 1.807) is 6.08 Å². The van der Waals surface area contributed by atoms with Gasteiger partial charge < -0.3 is 10.1 Å². The summed E-state index contributed by atoms with van der Waals surface area (Å²) in [5.74, 6) is -0.285. The van der Waals surface area contributed by atoms with Gasteiger partial charge >= 0.3 is 5.97 Å². The number of rotatable bonds is 8. The van der Waals surface area contributed by atoms with Crippen molar-refractivity contribution in [2.45, 2.75) is 40.7 Å². The Hall–Kier alpha value is -2.11. The maximum atomic E-state index is 11.9. The van der Waals surface area contributed by atoms with Crippen LogP contribution in [-0.2, 0) is 27.3 Å². The van der Waals surface area contributed by atoms with Crippen LogP contribution in [0.1, 0.15) is 30.8 Å². The average molecular weight is 307 g/mol. The van der Waals surface area contributed by atoms with E-state index >= 15 is 0 Å². The van der Waals surface area contributed by atoms with E-state index in [0.717, 1.165) is 23.5 Å². The fourth-order valence-electron chi connectivity index (χ4n) is 2.09. The summed E-state index contributed by atoms with van der Waals surface area (Å²) in [6.45, 7) is 12.4. The molecule has 0 fully saturated rings. The van der Waals surface area contributed by atoms with Gasteiger partial charge in [-0.05, 0) is 19.8 Å². The van der Waals surface area contributed by atoms with Crippen LogP contribution in [0.5, 0.6) is 0 Å². The second kappa shape index (κ2) is 8.36. The van der Waals surface area contributed by atoms with Gasteiger partial charge in [-0.25, -0.2) is 0 Å². The minimum absolute atomic E-state index is 0.129. The Labute approximate surface area is 131 Å². The zero-order valence-electron chi connectivity index (χ0n) is 13.8. The van der Waals surface area contributed by atoms with E-state index in [0.29, 0.717) is 12.5 Å². The molecule has 22 heavy (non-hydrogen) atoms. The normalized spacial score (nSPS) is 10.6.